The molecule has 2 rings (SSSR count). The van der Waals surface area contributed by atoms with E-state index < -0.39 is 0 Å². The van der Waals surface area contributed by atoms with Gasteiger partial charge in [0, 0.05) is 27.6 Å². The van der Waals surface area contributed by atoms with Gasteiger partial charge in [0.05, 0.1) is 0 Å². The van der Waals surface area contributed by atoms with Crippen molar-refractivity contribution in [3.63, 3.8) is 0 Å². The van der Waals surface area contributed by atoms with Crippen LogP contribution in [0.4, 0.5) is 0 Å². The van der Waals surface area contributed by atoms with Gasteiger partial charge in [0.25, 0.3) is 0 Å². The summed E-state index contributed by atoms with van der Waals surface area (Å²) in [5, 5.41) is 1.52. The van der Waals surface area contributed by atoms with Crippen LogP contribution in [0.1, 0.15) is 17.2 Å². The second kappa shape index (κ2) is 3.70. The molecule has 0 aliphatic carbocycles. The van der Waals surface area contributed by atoms with Crippen LogP contribution in [0.15, 0.2) is 12.1 Å². The van der Waals surface area contributed by atoms with Gasteiger partial charge in [0.15, 0.2) is 0 Å². The molecule has 4 heteroatoms. The smallest absolute Gasteiger partial charge is 0.0458 e. The number of fused-ring (bicyclic) bond motifs is 1. The average molecular weight is 234 g/mol. The molecule has 2 N–H and O–H groups in total. The lowest BCUT2D eigenvalue weighted by Gasteiger charge is -2.23. The summed E-state index contributed by atoms with van der Waals surface area (Å²) < 4.78 is 0. The lowest BCUT2D eigenvalue weighted by Crippen LogP contribution is -2.19. The lowest BCUT2D eigenvalue weighted by atomic mass is 10.0. The molecule has 13 heavy (non-hydrogen) atoms. The molecule has 0 fully saturated rings. The zero-order valence-corrected chi connectivity index (χ0v) is 9.22. The van der Waals surface area contributed by atoms with Crippen molar-refractivity contribution in [2.24, 2.45) is 5.73 Å². The largest absolute Gasteiger partial charge is 0.323 e. The molecule has 0 saturated carbocycles. The predicted octanol–water partition coefficient (Wildman–Crippen LogP) is 3.24. The van der Waals surface area contributed by atoms with Crippen molar-refractivity contribution < 1.29 is 0 Å². The van der Waals surface area contributed by atoms with E-state index in [0.717, 1.165) is 32.7 Å². The highest BCUT2D eigenvalue weighted by Gasteiger charge is 2.21. The maximum Gasteiger partial charge on any atom is 0.0458 e. The van der Waals surface area contributed by atoms with Crippen molar-refractivity contribution in [1.82, 2.24) is 0 Å². The Bertz CT molecular complexity index is 341. The molecule has 0 aromatic heterocycles. The van der Waals surface area contributed by atoms with E-state index in [1.54, 1.807) is 11.8 Å². The molecule has 1 aliphatic rings. The number of hydrogen-bond donors (Lipinski definition) is 1. The van der Waals surface area contributed by atoms with Gasteiger partial charge >= 0.3 is 0 Å². The number of nitrogens with two attached hydrogens (primary N) is 1. The van der Waals surface area contributed by atoms with E-state index >= 15 is 0 Å². The van der Waals surface area contributed by atoms with Crippen molar-refractivity contribution in [2.45, 2.75) is 11.8 Å². The monoisotopic (exact) mass is 233 g/mol. The fourth-order valence-corrected chi connectivity index (χ4v) is 3.21. The summed E-state index contributed by atoms with van der Waals surface area (Å²) in [5.41, 5.74) is 8.10. The van der Waals surface area contributed by atoms with Gasteiger partial charge in [-0.1, -0.05) is 23.2 Å². The van der Waals surface area contributed by atoms with Crippen LogP contribution in [0.3, 0.4) is 0 Å². The van der Waals surface area contributed by atoms with Gasteiger partial charge in [0.1, 0.15) is 0 Å². The molecule has 0 saturated heterocycles. The quantitative estimate of drug-likeness (QED) is 0.745. The molecule has 0 amide bonds. The first-order valence-corrected chi connectivity index (χ1v) is 5.91. The Hall–Kier alpha value is 0.110. The Kier molecular flexibility index (Phi) is 2.75. The van der Waals surface area contributed by atoms with Crippen LogP contribution >= 0.6 is 35.0 Å². The molecule has 0 bridgehead atoms. The van der Waals surface area contributed by atoms with Crippen molar-refractivity contribution in [3.05, 3.63) is 33.3 Å². The molecule has 1 unspecified atom stereocenters. The minimum atomic E-state index is 0.0277. The average Bonchev–Trinajstić information content (AvgIpc) is 2.12. The fraction of sp³-hybridized carbons (Fsp3) is 0.333. The van der Waals surface area contributed by atoms with E-state index in [-0.39, 0.29) is 6.04 Å². The van der Waals surface area contributed by atoms with E-state index in [0.29, 0.717) is 0 Å². The first-order chi connectivity index (χ1) is 6.20. The van der Waals surface area contributed by atoms with E-state index in [4.69, 9.17) is 28.9 Å². The topological polar surface area (TPSA) is 26.0 Å². The third kappa shape index (κ3) is 1.68. The summed E-state index contributed by atoms with van der Waals surface area (Å²) in [6, 6.07) is 3.68. The third-order valence-electron chi connectivity index (χ3n) is 2.16. The molecule has 1 atom stereocenters. The Morgan fingerprint density at radius 2 is 2.00 bits per heavy atom. The second-order valence-electron chi connectivity index (χ2n) is 3.04. The Morgan fingerprint density at radius 3 is 2.69 bits per heavy atom. The third-order valence-corrected chi connectivity index (χ3v) is 3.93. The van der Waals surface area contributed by atoms with Crippen molar-refractivity contribution >= 4 is 35.0 Å². The van der Waals surface area contributed by atoms with E-state index in [2.05, 4.69) is 0 Å². The van der Waals surface area contributed by atoms with Crippen LogP contribution in [0.25, 0.3) is 0 Å². The van der Waals surface area contributed by atoms with Crippen LogP contribution < -0.4 is 5.73 Å². The Balaban J connectivity index is 2.60. The van der Waals surface area contributed by atoms with Crippen molar-refractivity contribution in [1.29, 1.82) is 0 Å². The van der Waals surface area contributed by atoms with Crippen molar-refractivity contribution in [2.75, 3.05) is 5.75 Å². The SMILES string of the molecule is NC1CSCc2c(Cl)ccc(Cl)c21. The first-order valence-electron chi connectivity index (χ1n) is 4.00. The Labute approximate surface area is 91.6 Å². The van der Waals surface area contributed by atoms with Gasteiger partial charge in [-0.3, -0.25) is 0 Å². The molecule has 1 nitrogen and oxygen atoms in total. The number of hydrogen-bond acceptors (Lipinski definition) is 2. The molecule has 1 aromatic carbocycles. The van der Waals surface area contributed by atoms with Crippen LogP contribution in [-0.2, 0) is 5.75 Å². The molecule has 0 spiro atoms. The summed E-state index contributed by atoms with van der Waals surface area (Å²) in [5.74, 6) is 1.84. The summed E-state index contributed by atoms with van der Waals surface area (Å²) in [4.78, 5) is 0. The molecular formula is C9H9Cl2NS. The van der Waals surface area contributed by atoms with Crippen LogP contribution in [0.5, 0.6) is 0 Å². The van der Waals surface area contributed by atoms with Crippen LogP contribution in [-0.4, -0.2) is 5.75 Å². The maximum atomic E-state index is 6.06. The van der Waals surface area contributed by atoms with Crippen LogP contribution in [0.2, 0.25) is 10.0 Å². The molecule has 70 valence electrons. The van der Waals surface area contributed by atoms with Gasteiger partial charge in [-0.15, -0.1) is 0 Å². The molecular weight excluding hydrogens is 225 g/mol. The molecule has 1 aromatic rings. The molecule has 1 heterocycles. The fourth-order valence-electron chi connectivity index (χ4n) is 1.53. The highest BCUT2D eigenvalue weighted by atomic mass is 35.5. The van der Waals surface area contributed by atoms with Gasteiger partial charge in [0.2, 0.25) is 0 Å². The second-order valence-corrected chi connectivity index (χ2v) is 4.89. The maximum absolute atomic E-state index is 6.06. The van der Waals surface area contributed by atoms with Gasteiger partial charge < -0.3 is 5.73 Å². The number of benzene rings is 1. The summed E-state index contributed by atoms with van der Waals surface area (Å²) in [7, 11) is 0. The summed E-state index contributed by atoms with van der Waals surface area (Å²) in [6.07, 6.45) is 0. The highest BCUT2D eigenvalue weighted by Crippen LogP contribution is 2.38. The lowest BCUT2D eigenvalue weighted by molar-refractivity contribution is 0.810. The number of halogens is 2. The number of thioether (sulfide) groups is 1. The van der Waals surface area contributed by atoms with Gasteiger partial charge in [-0.05, 0) is 23.3 Å². The zero-order valence-electron chi connectivity index (χ0n) is 6.89. The zero-order chi connectivity index (χ0) is 9.42. The van der Waals surface area contributed by atoms with E-state index in [9.17, 15) is 0 Å². The molecule has 0 radical (unpaired) electrons. The van der Waals surface area contributed by atoms with Gasteiger partial charge in [-0.25, -0.2) is 0 Å². The summed E-state index contributed by atoms with van der Waals surface area (Å²) >= 11 is 13.9. The van der Waals surface area contributed by atoms with Crippen LogP contribution in [0, 0.1) is 0 Å². The minimum Gasteiger partial charge on any atom is -0.323 e. The normalized spacial score (nSPS) is 21.3. The number of rotatable bonds is 0. The van der Waals surface area contributed by atoms with E-state index in [1.165, 1.54) is 0 Å². The first kappa shape index (κ1) is 9.66. The van der Waals surface area contributed by atoms with Gasteiger partial charge in [-0.2, -0.15) is 11.8 Å². The molecule has 1 aliphatic heterocycles. The highest BCUT2D eigenvalue weighted by molar-refractivity contribution is 7.98. The van der Waals surface area contributed by atoms with Crippen molar-refractivity contribution in [3.8, 4) is 0 Å². The standard InChI is InChI=1S/C9H9Cl2NS/c10-6-1-2-7(11)9-5(6)3-13-4-8(9)12/h1-2,8H,3-4,12H2. The van der Waals surface area contributed by atoms with E-state index in [1.807, 2.05) is 12.1 Å². The Morgan fingerprint density at radius 1 is 1.31 bits per heavy atom. The summed E-state index contributed by atoms with van der Waals surface area (Å²) in [6.45, 7) is 0. The minimum absolute atomic E-state index is 0.0277. The predicted molar refractivity (Wildman–Crippen MR) is 59.6 cm³/mol.